The van der Waals surface area contributed by atoms with Crippen molar-refractivity contribution in [1.29, 1.82) is 0 Å². The molecular formula is C15H13ClN4S. The van der Waals surface area contributed by atoms with Crippen molar-refractivity contribution < 1.29 is 0 Å². The van der Waals surface area contributed by atoms with Gasteiger partial charge in [0.1, 0.15) is 0 Å². The van der Waals surface area contributed by atoms with Crippen LogP contribution in [0.5, 0.6) is 0 Å². The third-order valence-corrected chi connectivity index (χ3v) is 4.37. The van der Waals surface area contributed by atoms with Gasteiger partial charge in [0.2, 0.25) is 5.16 Å². The number of nitrogens with zero attached hydrogens (tertiary/aromatic N) is 4. The molecule has 1 aromatic heterocycles. The fraction of sp³-hybridized carbons (Fsp3) is 0.133. The maximum atomic E-state index is 6.17. The van der Waals surface area contributed by atoms with Gasteiger partial charge in [-0.3, -0.25) is 0 Å². The van der Waals surface area contributed by atoms with E-state index in [1.807, 2.05) is 48.5 Å². The van der Waals surface area contributed by atoms with Gasteiger partial charge in [-0.15, -0.1) is 5.10 Å². The van der Waals surface area contributed by atoms with Crippen molar-refractivity contribution in [3.63, 3.8) is 0 Å². The van der Waals surface area contributed by atoms with Gasteiger partial charge in [0.25, 0.3) is 0 Å². The van der Waals surface area contributed by atoms with E-state index in [0.717, 1.165) is 27.2 Å². The first-order valence-corrected chi connectivity index (χ1v) is 7.82. The smallest absolute Gasteiger partial charge is 0.188 e. The molecule has 6 heteroatoms. The van der Waals surface area contributed by atoms with Crippen molar-refractivity contribution in [1.82, 2.24) is 20.2 Å². The molecule has 106 valence electrons. The van der Waals surface area contributed by atoms with Crippen molar-refractivity contribution in [2.24, 2.45) is 0 Å². The van der Waals surface area contributed by atoms with Crippen molar-refractivity contribution in [3.8, 4) is 5.69 Å². The Morgan fingerprint density at radius 1 is 1.10 bits per heavy atom. The van der Waals surface area contributed by atoms with Crippen LogP contribution >= 0.6 is 23.4 Å². The van der Waals surface area contributed by atoms with Gasteiger partial charge in [0, 0.05) is 10.8 Å². The first kappa shape index (κ1) is 14.1. The molecule has 0 fully saturated rings. The molecule has 0 unspecified atom stereocenters. The summed E-state index contributed by atoms with van der Waals surface area (Å²) in [5.74, 6) is 0.728. The van der Waals surface area contributed by atoms with Crippen molar-refractivity contribution in [2.75, 3.05) is 0 Å². The summed E-state index contributed by atoms with van der Waals surface area (Å²) in [4.78, 5) is 0. The van der Waals surface area contributed by atoms with Gasteiger partial charge >= 0.3 is 0 Å². The van der Waals surface area contributed by atoms with Crippen LogP contribution in [-0.4, -0.2) is 20.2 Å². The summed E-state index contributed by atoms with van der Waals surface area (Å²) in [5, 5.41) is 13.4. The predicted octanol–water partition coefficient (Wildman–Crippen LogP) is 3.92. The zero-order valence-corrected chi connectivity index (χ0v) is 13.0. The Bertz CT molecular complexity index is 739. The van der Waals surface area contributed by atoms with Gasteiger partial charge in [0.15, 0.2) is 0 Å². The van der Waals surface area contributed by atoms with Crippen LogP contribution in [-0.2, 0) is 5.75 Å². The molecule has 0 saturated carbocycles. The lowest BCUT2D eigenvalue weighted by atomic mass is 10.2. The summed E-state index contributed by atoms with van der Waals surface area (Å²) in [6.07, 6.45) is 0. The highest BCUT2D eigenvalue weighted by Gasteiger charge is 2.10. The molecular weight excluding hydrogens is 304 g/mol. The highest BCUT2D eigenvalue weighted by molar-refractivity contribution is 7.98. The van der Waals surface area contributed by atoms with Gasteiger partial charge in [-0.05, 0) is 41.1 Å². The first-order chi connectivity index (χ1) is 10.2. The Morgan fingerprint density at radius 2 is 1.86 bits per heavy atom. The maximum absolute atomic E-state index is 6.17. The lowest BCUT2D eigenvalue weighted by molar-refractivity contribution is 0.756. The van der Waals surface area contributed by atoms with E-state index in [2.05, 4.69) is 22.4 Å². The number of halogens is 1. The zero-order chi connectivity index (χ0) is 14.7. The van der Waals surface area contributed by atoms with Crippen LogP contribution in [0.15, 0.2) is 53.7 Å². The second-order valence-corrected chi connectivity index (χ2v) is 5.94. The molecule has 0 saturated heterocycles. The fourth-order valence-electron chi connectivity index (χ4n) is 1.87. The SMILES string of the molecule is Cc1ccc(-n2nnnc2SCc2ccccc2Cl)cc1. The fourth-order valence-corrected chi connectivity index (χ4v) is 3.05. The number of thioether (sulfide) groups is 1. The highest BCUT2D eigenvalue weighted by atomic mass is 35.5. The van der Waals surface area contributed by atoms with E-state index in [4.69, 9.17) is 11.6 Å². The molecule has 0 aliphatic rings. The van der Waals surface area contributed by atoms with Gasteiger partial charge in [-0.2, -0.15) is 4.68 Å². The Morgan fingerprint density at radius 3 is 2.62 bits per heavy atom. The van der Waals surface area contributed by atoms with Crippen LogP contribution in [0.3, 0.4) is 0 Å². The van der Waals surface area contributed by atoms with E-state index in [9.17, 15) is 0 Å². The number of hydrogen-bond acceptors (Lipinski definition) is 4. The molecule has 0 amide bonds. The van der Waals surface area contributed by atoms with E-state index < -0.39 is 0 Å². The Labute approximate surface area is 132 Å². The molecule has 0 spiro atoms. The average Bonchev–Trinajstić information content (AvgIpc) is 2.96. The molecule has 0 radical (unpaired) electrons. The maximum Gasteiger partial charge on any atom is 0.214 e. The van der Waals surface area contributed by atoms with E-state index >= 15 is 0 Å². The monoisotopic (exact) mass is 316 g/mol. The van der Waals surface area contributed by atoms with E-state index in [1.165, 1.54) is 5.56 Å². The van der Waals surface area contributed by atoms with Crippen LogP contribution in [0.4, 0.5) is 0 Å². The molecule has 4 nitrogen and oxygen atoms in total. The number of aryl methyl sites for hydroxylation is 1. The van der Waals surface area contributed by atoms with E-state index in [1.54, 1.807) is 16.4 Å². The zero-order valence-electron chi connectivity index (χ0n) is 11.4. The lowest BCUT2D eigenvalue weighted by Crippen LogP contribution is -1.99. The van der Waals surface area contributed by atoms with Gasteiger partial charge < -0.3 is 0 Å². The lowest BCUT2D eigenvalue weighted by Gasteiger charge is -2.05. The van der Waals surface area contributed by atoms with Crippen molar-refractivity contribution >= 4 is 23.4 Å². The molecule has 2 aromatic carbocycles. The Hall–Kier alpha value is -1.85. The summed E-state index contributed by atoms with van der Waals surface area (Å²) in [7, 11) is 0. The normalized spacial score (nSPS) is 10.8. The van der Waals surface area contributed by atoms with E-state index in [-0.39, 0.29) is 0 Å². The molecule has 3 rings (SSSR count). The minimum atomic E-state index is 0.728. The minimum absolute atomic E-state index is 0.728. The van der Waals surface area contributed by atoms with Crippen molar-refractivity contribution in [3.05, 3.63) is 64.7 Å². The highest BCUT2D eigenvalue weighted by Crippen LogP contribution is 2.26. The number of tetrazole rings is 1. The average molecular weight is 317 g/mol. The van der Waals surface area contributed by atoms with Crippen LogP contribution in [0.2, 0.25) is 5.02 Å². The van der Waals surface area contributed by atoms with Crippen molar-refractivity contribution in [2.45, 2.75) is 17.8 Å². The molecule has 1 heterocycles. The second-order valence-electron chi connectivity index (χ2n) is 4.59. The van der Waals surface area contributed by atoms with Crippen LogP contribution < -0.4 is 0 Å². The molecule has 0 aliphatic heterocycles. The summed E-state index contributed by atoms with van der Waals surface area (Å²) < 4.78 is 1.74. The number of aromatic nitrogens is 4. The molecule has 3 aromatic rings. The van der Waals surface area contributed by atoms with E-state index in [0.29, 0.717) is 0 Å². The first-order valence-electron chi connectivity index (χ1n) is 6.45. The summed E-state index contributed by atoms with van der Waals surface area (Å²) in [6.45, 7) is 2.05. The minimum Gasteiger partial charge on any atom is -0.188 e. The largest absolute Gasteiger partial charge is 0.214 e. The predicted molar refractivity (Wildman–Crippen MR) is 84.9 cm³/mol. The van der Waals surface area contributed by atoms with Gasteiger partial charge in [0.05, 0.1) is 5.69 Å². The van der Waals surface area contributed by atoms with Crippen LogP contribution in [0.25, 0.3) is 5.69 Å². The topological polar surface area (TPSA) is 43.6 Å². The standard InChI is InChI=1S/C15H13ClN4S/c1-11-6-8-13(9-7-11)20-15(17-18-19-20)21-10-12-4-2-3-5-14(12)16/h2-9H,10H2,1H3. The van der Waals surface area contributed by atoms with Gasteiger partial charge in [-0.25, -0.2) is 0 Å². The molecule has 21 heavy (non-hydrogen) atoms. The molecule has 0 bridgehead atoms. The summed E-state index contributed by atoms with van der Waals surface area (Å²) in [5.41, 5.74) is 3.23. The Balaban J connectivity index is 1.80. The summed E-state index contributed by atoms with van der Waals surface area (Å²) in [6, 6.07) is 15.9. The third kappa shape index (κ3) is 3.25. The third-order valence-electron chi connectivity index (χ3n) is 3.03. The van der Waals surface area contributed by atoms with Crippen LogP contribution in [0, 0.1) is 6.92 Å². The van der Waals surface area contributed by atoms with Gasteiger partial charge in [-0.1, -0.05) is 59.3 Å². The summed E-state index contributed by atoms with van der Waals surface area (Å²) >= 11 is 7.73. The second kappa shape index (κ2) is 6.28. The molecule has 0 N–H and O–H groups in total. The number of benzene rings is 2. The Kier molecular flexibility index (Phi) is 4.22. The quantitative estimate of drug-likeness (QED) is 0.684. The molecule has 0 aliphatic carbocycles. The van der Waals surface area contributed by atoms with Crippen LogP contribution in [0.1, 0.15) is 11.1 Å². The number of rotatable bonds is 4. The molecule has 0 atom stereocenters. The number of hydrogen-bond donors (Lipinski definition) is 0.